The maximum Gasteiger partial charge on any atom is 0.0522 e. The van der Waals surface area contributed by atoms with Gasteiger partial charge in [-0.2, -0.15) is 5.10 Å². The van der Waals surface area contributed by atoms with E-state index >= 15 is 0 Å². The van der Waals surface area contributed by atoms with Gasteiger partial charge in [-0.3, -0.25) is 5.01 Å². The average Bonchev–Trinajstić information content (AvgIpc) is 2.27. The van der Waals surface area contributed by atoms with Gasteiger partial charge in [0.05, 0.1) is 5.70 Å². The zero-order valence-electron chi connectivity index (χ0n) is 10.2. The molecule has 3 heteroatoms. The zero-order valence-corrected chi connectivity index (χ0v) is 10.2. The van der Waals surface area contributed by atoms with Crippen molar-refractivity contribution in [2.45, 2.75) is 52.4 Å². The number of nitrogens with two attached hydrogens (primary N) is 1. The van der Waals surface area contributed by atoms with Crippen molar-refractivity contribution < 1.29 is 0 Å². The van der Waals surface area contributed by atoms with E-state index in [1.165, 1.54) is 25.7 Å². The largest absolute Gasteiger partial charge is 0.403 e. The van der Waals surface area contributed by atoms with E-state index in [4.69, 9.17) is 5.73 Å². The van der Waals surface area contributed by atoms with Crippen LogP contribution in [0.2, 0.25) is 0 Å². The molecule has 88 valence electrons. The lowest BCUT2D eigenvalue weighted by Gasteiger charge is -2.20. The van der Waals surface area contributed by atoms with E-state index in [1.54, 1.807) is 6.20 Å². The molecular weight excluding hydrogens is 186 g/mol. The Morgan fingerprint density at radius 3 is 2.47 bits per heavy atom. The van der Waals surface area contributed by atoms with Gasteiger partial charge in [-0.15, -0.1) is 0 Å². The molecule has 0 aliphatic carbocycles. The van der Waals surface area contributed by atoms with E-state index in [9.17, 15) is 0 Å². The highest BCUT2D eigenvalue weighted by atomic mass is 15.4. The monoisotopic (exact) mass is 211 g/mol. The molecule has 0 saturated heterocycles. The predicted octanol–water partition coefficient (Wildman–Crippen LogP) is 3.08. The molecule has 0 radical (unpaired) electrons. The number of nitrogens with zero attached hydrogens (tertiary/aromatic N) is 2. The van der Waals surface area contributed by atoms with Crippen LogP contribution in [-0.2, 0) is 0 Å². The molecule has 0 aliphatic heterocycles. The summed E-state index contributed by atoms with van der Waals surface area (Å²) in [6.45, 7) is 8.82. The van der Waals surface area contributed by atoms with Crippen LogP contribution in [0.1, 0.15) is 52.4 Å². The SMILES string of the molecule is C=NN(CCC)/C(=C\N)CCCCCC. The Kier molecular flexibility index (Phi) is 8.93. The van der Waals surface area contributed by atoms with Crippen molar-refractivity contribution in [3.63, 3.8) is 0 Å². The molecule has 0 amide bonds. The molecule has 0 aliphatic rings. The lowest BCUT2D eigenvalue weighted by Crippen LogP contribution is -2.18. The molecule has 0 atom stereocenters. The van der Waals surface area contributed by atoms with Crippen LogP contribution in [0.25, 0.3) is 0 Å². The number of hydrogen-bond donors (Lipinski definition) is 1. The van der Waals surface area contributed by atoms with E-state index in [1.807, 2.05) is 5.01 Å². The fourth-order valence-corrected chi connectivity index (χ4v) is 1.55. The third-order valence-corrected chi connectivity index (χ3v) is 2.42. The van der Waals surface area contributed by atoms with Gasteiger partial charge in [0.15, 0.2) is 0 Å². The van der Waals surface area contributed by atoms with Gasteiger partial charge >= 0.3 is 0 Å². The van der Waals surface area contributed by atoms with Crippen LogP contribution >= 0.6 is 0 Å². The Bertz CT molecular complexity index is 187. The van der Waals surface area contributed by atoms with Crippen LogP contribution in [0.15, 0.2) is 17.0 Å². The maximum atomic E-state index is 5.60. The second-order valence-electron chi connectivity index (χ2n) is 3.73. The summed E-state index contributed by atoms with van der Waals surface area (Å²) in [6, 6.07) is 0. The summed E-state index contributed by atoms with van der Waals surface area (Å²) in [6.07, 6.45) is 8.75. The van der Waals surface area contributed by atoms with Crippen LogP contribution in [0, 0.1) is 0 Å². The summed E-state index contributed by atoms with van der Waals surface area (Å²) in [5.41, 5.74) is 6.70. The number of unbranched alkanes of at least 4 members (excludes halogenated alkanes) is 3. The number of allylic oxidation sites excluding steroid dienone is 1. The van der Waals surface area contributed by atoms with Crippen molar-refractivity contribution in [3.8, 4) is 0 Å². The van der Waals surface area contributed by atoms with Crippen LogP contribution in [-0.4, -0.2) is 18.3 Å². The summed E-state index contributed by atoms with van der Waals surface area (Å²) < 4.78 is 0. The molecule has 0 rings (SSSR count). The third-order valence-electron chi connectivity index (χ3n) is 2.42. The predicted molar refractivity (Wildman–Crippen MR) is 67.6 cm³/mol. The Hall–Kier alpha value is -0.990. The van der Waals surface area contributed by atoms with E-state index in [0.717, 1.165) is 25.1 Å². The highest BCUT2D eigenvalue weighted by Gasteiger charge is 2.05. The molecule has 0 heterocycles. The van der Waals surface area contributed by atoms with E-state index in [-0.39, 0.29) is 0 Å². The van der Waals surface area contributed by atoms with Gasteiger partial charge in [-0.1, -0.05) is 33.1 Å². The quantitative estimate of drug-likeness (QED) is 0.362. The Morgan fingerprint density at radius 2 is 2.00 bits per heavy atom. The van der Waals surface area contributed by atoms with Gasteiger partial charge in [-0.05, 0) is 19.3 Å². The first-order valence-corrected chi connectivity index (χ1v) is 5.95. The van der Waals surface area contributed by atoms with Crippen LogP contribution in [0.3, 0.4) is 0 Å². The molecule has 2 N–H and O–H groups in total. The van der Waals surface area contributed by atoms with Crippen molar-refractivity contribution >= 4 is 6.72 Å². The first-order valence-electron chi connectivity index (χ1n) is 5.95. The lowest BCUT2D eigenvalue weighted by atomic mass is 10.1. The summed E-state index contributed by atoms with van der Waals surface area (Å²) in [7, 11) is 0. The highest BCUT2D eigenvalue weighted by molar-refractivity contribution is 5.23. The van der Waals surface area contributed by atoms with E-state index in [0.29, 0.717) is 0 Å². The third kappa shape index (κ3) is 6.15. The van der Waals surface area contributed by atoms with Crippen molar-refractivity contribution in [3.05, 3.63) is 11.9 Å². The molecule has 0 aromatic rings. The van der Waals surface area contributed by atoms with Gasteiger partial charge in [-0.25, -0.2) is 0 Å². The second-order valence-corrected chi connectivity index (χ2v) is 3.73. The van der Waals surface area contributed by atoms with Crippen molar-refractivity contribution in [1.82, 2.24) is 5.01 Å². The Labute approximate surface area is 94.0 Å². The number of hydrogen-bond acceptors (Lipinski definition) is 3. The molecule has 0 unspecified atom stereocenters. The topological polar surface area (TPSA) is 41.6 Å². The first kappa shape index (κ1) is 14.0. The molecule has 0 aromatic heterocycles. The molecule has 0 saturated carbocycles. The molecule has 0 fully saturated rings. The maximum absolute atomic E-state index is 5.60. The summed E-state index contributed by atoms with van der Waals surface area (Å²) in [4.78, 5) is 0. The minimum Gasteiger partial charge on any atom is -0.403 e. The van der Waals surface area contributed by atoms with Crippen LogP contribution < -0.4 is 5.73 Å². The minimum atomic E-state index is 0.903. The standard InChI is InChI=1S/C12H25N3/c1-4-6-7-8-9-12(11-13)15(14-3)10-5-2/h11H,3-10,13H2,1-2H3/b12-11-. The van der Waals surface area contributed by atoms with Crippen LogP contribution in [0.5, 0.6) is 0 Å². The summed E-state index contributed by atoms with van der Waals surface area (Å²) >= 11 is 0. The molecule has 0 spiro atoms. The number of rotatable bonds is 9. The Balaban J connectivity index is 3.94. The second kappa shape index (κ2) is 9.56. The van der Waals surface area contributed by atoms with Crippen molar-refractivity contribution in [1.29, 1.82) is 0 Å². The first-order chi connectivity index (χ1) is 7.29. The molecule has 3 nitrogen and oxygen atoms in total. The van der Waals surface area contributed by atoms with Crippen molar-refractivity contribution in [2.75, 3.05) is 6.54 Å². The fourth-order valence-electron chi connectivity index (χ4n) is 1.55. The smallest absolute Gasteiger partial charge is 0.0522 e. The van der Waals surface area contributed by atoms with Crippen molar-refractivity contribution in [2.24, 2.45) is 10.8 Å². The molecular formula is C12H25N3. The van der Waals surface area contributed by atoms with Crippen LogP contribution in [0.4, 0.5) is 0 Å². The Morgan fingerprint density at radius 1 is 1.27 bits per heavy atom. The molecule has 0 bridgehead atoms. The average molecular weight is 211 g/mol. The molecule has 0 aromatic carbocycles. The van der Waals surface area contributed by atoms with Gasteiger partial charge < -0.3 is 5.73 Å². The molecule has 15 heavy (non-hydrogen) atoms. The highest BCUT2D eigenvalue weighted by Crippen LogP contribution is 2.14. The fraction of sp³-hybridized carbons (Fsp3) is 0.750. The number of hydrazone groups is 1. The summed E-state index contributed by atoms with van der Waals surface area (Å²) in [5.74, 6) is 0. The minimum absolute atomic E-state index is 0.903. The van der Waals surface area contributed by atoms with E-state index < -0.39 is 0 Å². The van der Waals surface area contributed by atoms with Gasteiger partial charge in [0, 0.05) is 19.5 Å². The lowest BCUT2D eigenvalue weighted by molar-refractivity contribution is 0.348. The zero-order chi connectivity index (χ0) is 11.5. The normalized spacial score (nSPS) is 11.5. The van der Waals surface area contributed by atoms with Gasteiger partial charge in [0.25, 0.3) is 0 Å². The van der Waals surface area contributed by atoms with Gasteiger partial charge in [0.2, 0.25) is 0 Å². The summed E-state index contributed by atoms with van der Waals surface area (Å²) in [5, 5.41) is 5.89. The van der Waals surface area contributed by atoms with E-state index in [2.05, 4.69) is 25.7 Å². The van der Waals surface area contributed by atoms with Gasteiger partial charge in [0.1, 0.15) is 0 Å².